The molecule has 100 valence electrons. The van der Waals surface area contributed by atoms with Crippen LogP contribution in [0.1, 0.15) is 30.0 Å². The Balaban J connectivity index is 2.38. The Morgan fingerprint density at radius 2 is 2.00 bits per heavy atom. The van der Waals surface area contributed by atoms with Gasteiger partial charge in [-0.15, -0.1) is 0 Å². The lowest BCUT2D eigenvalue weighted by Crippen LogP contribution is -2.28. The molecule has 1 fully saturated rings. The van der Waals surface area contributed by atoms with Gasteiger partial charge in [0.25, 0.3) is 0 Å². The molecule has 1 aliphatic rings. The number of alkyl halides is 3. The molecule has 0 aromatic carbocycles. The molecule has 18 heavy (non-hydrogen) atoms. The SMILES string of the molecule is COc1ncc(C2CCNCC2)c(C(F)(F)F)n1. The molecule has 7 heteroatoms. The van der Waals surface area contributed by atoms with Gasteiger partial charge in [0.05, 0.1) is 7.11 Å². The van der Waals surface area contributed by atoms with Crippen molar-refractivity contribution in [2.24, 2.45) is 0 Å². The summed E-state index contributed by atoms with van der Waals surface area (Å²) >= 11 is 0. The summed E-state index contributed by atoms with van der Waals surface area (Å²) in [7, 11) is 1.25. The van der Waals surface area contributed by atoms with Crippen molar-refractivity contribution >= 4 is 0 Å². The van der Waals surface area contributed by atoms with Gasteiger partial charge in [0, 0.05) is 11.8 Å². The first-order valence-electron chi connectivity index (χ1n) is 5.71. The zero-order valence-corrected chi connectivity index (χ0v) is 9.92. The van der Waals surface area contributed by atoms with Gasteiger partial charge >= 0.3 is 12.2 Å². The van der Waals surface area contributed by atoms with E-state index in [2.05, 4.69) is 20.0 Å². The van der Waals surface area contributed by atoms with Crippen LogP contribution in [0.15, 0.2) is 6.20 Å². The van der Waals surface area contributed by atoms with Crippen molar-refractivity contribution < 1.29 is 17.9 Å². The molecule has 0 aliphatic carbocycles. The molecular weight excluding hydrogens is 247 g/mol. The minimum Gasteiger partial charge on any atom is -0.467 e. The number of piperidine rings is 1. The van der Waals surface area contributed by atoms with E-state index in [0.717, 1.165) is 0 Å². The topological polar surface area (TPSA) is 47.0 Å². The Morgan fingerprint density at radius 1 is 1.33 bits per heavy atom. The van der Waals surface area contributed by atoms with Crippen LogP contribution in [-0.4, -0.2) is 30.2 Å². The summed E-state index contributed by atoms with van der Waals surface area (Å²) in [5, 5.41) is 3.12. The van der Waals surface area contributed by atoms with Crippen LogP contribution in [0.2, 0.25) is 0 Å². The Hall–Kier alpha value is -1.37. The summed E-state index contributed by atoms with van der Waals surface area (Å²) in [5.41, 5.74) is -0.703. The first-order valence-corrected chi connectivity index (χ1v) is 5.71. The van der Waals surface area contributed by atoms with Crippen LogP contribution in [0.4, 0.5) is 13.2 Å². The monoisotopic (exact) mass is 261 g/mol. The van der Waals surface area contributed by atoms with Crippen LogP contribution >= 0.6 is 0 Å². The summed E-state index contributed by atoms with van der Waals surface area (Å²) in [6.45, 7) is 1.43. The molecule has 0 radical (unpaired) electrons. The Labute approximate surface area is 103 Å². The molecule has 4 nitrogen and oxygen atoms in total. The third-order valence-electron chi connectivity index (χ3n) is 3.03. The first kappa shape index (κ1) is 13.1. The molecule has 2 heterocycles. The molecule has 0 saturated carbocycles. The van der Waals surface area contributed by atoms with E-state index in [1.165, 1.54) is 13.3 Å². The van der Waals surface area contributed by atoms with Crippen molar-refractivity contribution in [2.45, 2.75) is 24.9 Å². The fourth-order valence-corrected chi connectivity index (χ4v) is 2.13. The maximum absolute atomic E-state index is 13.0. The predicted molar refractivity (Wildman–Crippen MR) is 58.4 cm³/mol. The maximum atomic E-state index is 13.0. The highest BCUT2D eigenvalue weighted by molar-refractivity contribution is 5.26. The average Bonchev–Trinajstić information content (AvgIpc) is 2.38. The summed E-state index contributed by atoms with van der Waals surface area (Å²) < 4.78 is 43.5. The van der Waals surface area contributed by atoms with Gasteiger partial charge in [-0.1, -0.05) is 0 Å². The number of ether oxygens (including phenoxy) is 1. The highest BCUT2D eigenvalue weighted by Gasteiger charge is 2.38. The molecule has 0 atom stereocenters. The molecule has 0 unspecified atom stereocenters. The van der Waals surface area contributed by atoms with Crippen LogP contribution in [0.3, 0.4) is 0 Å². The van der Waals surface area contributed by atoms with Crippen molar-refractivity contribution in [1.82, 2.24) is 15.3 Å². The molecule has 1 aromatic rings. The smallest absolute Gasteiger partial charge is 0.433 e. The number of hydrogen-bond donors (Lipinski definition) is 1. The Morgan fingerprint density at radius 3 is 2.56 bits per heavy atom. The van der Waals surface area contributed by atoms with Crippen molar-refractivity contribution in [3.05, 3.63) is 17.5 Å². The van der Waals surface area contributed by atoms with Gasteiger partial charge in [-0.3, -0.25) is 0 Å². The van der Waals surface area contributed by atoms with Crippen LogP contribution in [0.5, 0.6) is 6.01 Å². The third-order valence-corrected chi connectivity index (χ3v) is 3.03. The standard InChI is InChI=1S/C11H14F3N3O/c1-18-10-16-6-8(7-2-4-15-5-3-7)9(17-10)11(12,13)14/h6-7,15H,2-5H2,1H3. The van der Waals surface area contributed by atoms with E-state index in [1.807, 2.05) is 0 Å². The van der Waals surface area contributed by atoms with E-state index in [0.29, 0.717) is 25.9 Å². The summed E-state index contributed by atoms with van der Waals surface area (Å²) in [6, 6.07) is -0.250. The van der Waals surface area contributed by atoms with Crippen molar-refractivity contribution in [3.8, 4) is 6.01 Å². The van der Waals surface area contributed by atoms with Gasteiger partial charge in [0.15, 0.2) is 5.69 Å². The van der Waals surface area contributed by atoms with Crippen LogP contribution in [0.25, 0.3) is 0 Å². The minimum atomic E-state index is -4.48. The number of nitrogens with one attached hydrogen (secondary N) is 1. The van der Waals surface area contributed by atoms with E-state index in [1.54, 1.807) is 0 Å². The largest absolute Gasteiger partial charge is 0.467 e. The van der Waals surface area contributed by atoms with Crippen LogP contribution < -0.4 is 10.1 Å². The zero-order chi connectivity index (χ0) is 13.2. The lowest BCUT2D eigenvalue weighted by atomic mass is 9.90. The first-order chi connectivity index (χ1) is 8.52. The second-order valence-corrected chi connectivity index (χ2v) is 4.18. The van der Waals surface area contributed by atoms with E-state index in [-0.39, 0.29) is 17.5 Å². The normalized spacial score (nSPS) is 17.8. The maximum Gasteiger partial charge on any atom is 0.433 e. The van der Waals surface area contributed by atoms with Gasteiger partial charge in [-0.05, 0) is 31.8 Å². The molecule has 2 rings (SSSR count). The summed E-state index contributed by atoms with van der Waals surface area (Å²) in [5.74, 6) is -0.145. The van der Waals surface area contributed by atoms with Crippen molar-refractivity contribution in [3.63, 3.8) is 0 Å². The number of nitrogens with zero attached hydrogens (tertiary/aromatic N) is 2. The second-order valence-electron chi connectivity index (χ2n) is 4.18. The van der Waals surface area contributed by atoms with Crippen LogP contribution in [0, 0.1) is 0 Å². The second kappa shape index (κ2) is 5.09. The molecule has 1 aromatic heterocycles. The fourth-order valence-electron chi connectivity index (χ4n) is 2.13. The summed E-state index contributed by atoms with van der Waals surface area (Å²) in [6.07, 6.45) is -1.90. The Bertz CT molecular complexity index is 416. The van der Waals surface area contributed by atoms with Gasteiger partial charge in [0.1, 0.15) is 0 Å². The van der Waals surface area contributed by atoms with Crippen LogP contribution in [-0.2, 0) is 6.18 Å². The highest BCUT2D eigenvalue weighted by atomic mass is 19.4. The zero-order valence-electron chi connectivity index (χ0n) is 9.92. The molecule has 0 amide bonds. The number of hydrogen-bond acceptors (Lipinski definition) is 4. The van der Waals surface area contributed by atoms with E-state index in [4.69, 9.17) is 0 Å². The quantitative estimate of drug-likeness (QED) is 0.884. The highest BCUT2D eigenvalue weighted by Crippen LogP contribution is 2.36. The summed E-state index contributed by atoms with van der Waals surface area (Å²) in [4.78, 5) is 7.25. The number of rotatable bonds is 2. The molecule has 1 N–H and O–H groups in total. The lowest BCUT2D eigenvalue weighted by molar-refractivity contribution is -0.142. The Kier molecular flexibility index (Phi) is 3.70. The van der Waals surface area contributed by atoms with E-state index >= 15 is 0 Å². The number of aromatic nitrogens is 2. The van der Waals surface area contributed by atoms with Gasteiger partial charge < -0.3 is 10.1 Å². The van der Waals surface area contributed by atoms with Gasteiger partial charge in [0.2, 0.25) is 0 Å². The molecule has 0 spiro atoms. The minimum absolute atomic E-state index is 0.145. The van der Waals surface area contributed by atoms with Crippen molar-refractivity contribution in [1.29, 1.82) is 0 Å². The van der Waals surface area contributed by atoms with E-state index < -0.39 is 11.9 Å². The number of halogens is 3. The molecule has 1 saturated heterocycles. The molecule has 0 bridgehead atoms. The molecule has 1 aliphatic heterocycles. The molecular formula is C11H14F3N3O. The lowest BCUT2D eigenvalue weighted by Gasteiger charge is -2.24. The van der Waals surface area contributed by atoms with Gasteiger partial charge in [-0.25, -0.2) is 4.98 Å². The third kappa shape index (κ3) is 2.72. The van der Waals surface area contributed by atoms with E-state index in [9.17, 15) is 13.2 Å². The number of methoxy groups -OCH3 is 1. The predicted octanol–water partition coefficient (Wildman–Crippen LogP) is 1.97. The average molecular weight is 261 g/mol. The van der Waals surface area contributed by atoms with Crippen molar-refractivity contribution in [2.75, 3.05) is 20.2 Å². The van der Waals surface area contributed by atoms with Gasteiger partial charge in [-0.2, -0.15) is 18.2 Å². The fraction of sp³-hybridized carbons (Fsp3) is 0.636.